The van der Waals surface area contributed by atoms with Gasteiger partial charge in [0.15, 0.2) is 5.82 Å². The van der Waals surface area contributed by atoms with E-state index in [9.17, 15) is 9.50 Å². The molecule has 4 aromatic rings. The first-order chi connectivity index (χ1) is 22.2. The molecular weight excluding hydrogens is 593 g/mol. The van der Waals surface area contributed by atoms with E-state index in [1.165, 1.54) is 30.5 Å². The summed E-state index contributed by atoms with van der Waals surface area (Å²) < 4.78 is 53.2. The van der Waals surface area contributed by atoms with Crippen LogP contribution in [0.2, 0.25) is 0 Å². The van der Waals surface area contributed by atoms with Crippen molar-refractivity contribution in [3.63, 3.8) is 0 Å². The number of aromatic hydroxyl groups is 1. The smallest absolute Gasteiger partial charge is 0.319 e. The lowest BCUT2D eigenvalue weighted by Crippen LogP contribution is -2.52. The molecule has 1 saturated carbocycles. The van der Waals surface area contributed by atoms with E-state index in [2.05, 4.69) is 31.0 Å². The number of aromatic nitrogens is 3. The summed E-state index contributed by atoms with van der Waals surface area (Å²) in [6, 6.07) is 6.49. The monoisotopic (exact) mass is 628 g/mol. The van der Waals surface area contributed by atoms with Crippen LogP contribution in [-0.2, 0) is 0 Å². The summed E-state index contributed by atoms with van der Waals surface area (Å²) in [7, 11) is 0. The first-order valence-electron chi connectivity index (χ1n) is 16.0. The number of phenols is 1. The lowest BCUT2D eigenvalue weighted by atomic mass is 9.81. The summed E-state index contributed by atoms with van der Waals surface area (Å²) in [5, 5.41) is 15.2. The quantitative estimate of drug-likeness (QED) is 0.277. The minimum atomic E-state index is -1.05. The van der Waals surface area contributed by atoms with Crippen LogP contribution in [0.25, 0.3) is 32.9 Å². The molecule has 3 aliphatic heterocycles. The molecule has 5 heterocycles. The Morgan fingerprint density at radius 2 is 1.89 bits per heavy atom. The Morgan fingerprint density at radius 1 is 1.11 bits per heavy atom. The molecule has 2 bridgehead atoms. The van der Waals surface area contributed by atoms with Gasteiger partial charge in [-0.05, 0) is 55.7 Å². The predicted molar refractivity (Wildman–Crippen MR) is 170 cm³/mol. The number of fused-ring (bicyclic) bond motifs is 4. The van der Waals surface area contributed by atoms with Crippen LogP contribution >= 0.6 is 0 Å². The number of halogens is 3. The molecule has 46 heavy (non-hydrogen) atoms. The largest absolute Gasteiger partial charge is 0.508 e. The van der Waals surface area contributed by atoms with Gasteiger partial charge in [-0.2, -0.15) is 9.97 Å². The molecule has 2 N–H and O–H groups in total. The number of piperazine rings is 1. The van der Waals surface area contributed by atoms with E-state index in [4.69, 9.17) is 16.1 Å². The number of piperidine rings is 1. The number of likely N-dealkylation sites (tertiary alicyclic amines) is 1. The van der Waals surface area contributed by atoms with Gasteiger partial charge in [-0.1, -0.05) is 18.9 Å². The highest BCUT2D eigenvalue weighted by molar-refractivity contribution is 6.03. The molecule has 2 aromatic carbocycles. The molecule has 0 unspecified atom stereocenters. The highest BCUT2D eigenvalue weighted by atomic mass is 19.1. The van der Waals surface area contributed by atoms with Crippen LogP contribution < -0.4 is 15.0 Å². The van der Waals surface area contributed by atoms with Crippen LogP contribution in [0.4, 0.5) is 19.0 Å². The average Bonchev–Trinajstić information content (AvgIpc) is 3.84. The van der Waals surface area contributed by atoms with Crippen LogP contribution in [-0.4, -0.2) is 82.0 Å². The third kappa shape index (κ3) is 4.99. The molecular formula is C35H35F3N6O2. The number of pyridine rings is 1. The van der Waals surface area contributed by atoms with Gasteiger partial charge in [0.2, 0.25) is 0 Å². The second-order valence-corrected chi connectivity index (χ2v) is 13.6. The minimum absolute atomic E-state index is 0.0313. The number of rotatable bonds is 6. The van der Waals surface area contributed by atoms with E-state index in [1.807, 2.05) is 6.92 Å². The summed E-state index contributed by atoms with van der Waals surface area (Å²) in [6.07, 6.45) is 10.9. The van der Waals surface area contributed by atoms with E-state index >= 15 is 8.78 Å². The first-order valence-corrected chi connectivity index (χ1v) is 16.0. The fourth-order valence-corrected chi connectivity index (χ4v) is 7.62. The Kier molecular flexibility index (Phi) is 6.99. The van der Waals surface area contributed by atoms with Crippen molar-refractivity contribution in [3.8, 4) is 35.4 Å². The minimum Gasteiger partial charge on any atom is -0.508 e. The standard InChI is InChI=1S/C35H35F3N6O2/c1-3-24-27(36)9-4-19-12-23(45)13-25(29(19)24)31-30(38)32-26(14-39-31)33(44-15-20-5-6-21(16-44)40-20)42-34(41-32)46-18-35(2)17-43(22-7-8-22)11-10-28(35)37/h1,4,9,12-14,20-22,28,40,45H,5-8,10-11,15-18H2,2H3/t20-,21+,28-,35+/m1/s1. The van der Waals surface area contributed by atoms with E-state index in [1.54, 1.807) is 0 Å². The number of anilines is 1. The maximum absolute atomic E-state index is 16.8. The number of hydrogen-bond acceptors (Lipinski definition) is 8. The van der Waals surface area contributed by atoms with Crippen molar-refractivity contribution >= 4 is 27.5 Å². The van der Waals surface area contributed by atoms with Crippen LogP contribution in [0.5, 0.6) is 11.8 Å². The second-order valence-electron chi connectivity index (χ2n) is 13.6. The number of nitrogens with one attached hydrogen (secondary N) is 1. The highest BCUT2D eigenvalue weighted by Gasteiger charge is 2.45. The number of alkyl halides is 1. The third-order valence-electron chi connectivity index (χ3n) is 10.2. The topological polar surface area (TPSA) is 86.6 Å². The van der Waals surface area contributed by atoms with Gasteiger partial charge in [-0.15, -0.1) is 6.42 Å². The molecule has 2 aromatic heterocycles. The summed E-state index contributed by atoms with van der Waals surface area (Å²) in [6.45, 7) is 4.58. The molecule has 0 spiro atoms. The van der Waals surface area contributed by atoms with Crippen molar-refractivity contribution in [1.29, 1.82) is 0 Å². The van der Waals surface area contributed by atoms with Crippen LogP contribution in [0.3, 0.4) is 0 Å². The van der Waals surface area contributed by atoms with Gasteiger partial charge in [-0.3, -0.25) is 9.88 Å². The lowest BCUT2D eigenvalue weighted by molar-refractivity contribution is -0.0200. The molecule has 3 saturated heterocycles. The zero-order valence-electron chi connectivity index (χ0n) is 25.6. The molecule has 11 heteroatoms. The molecule has 4 atom stereocenters. The maximum Gasteiger partial charge on any atom is 0.319 e. The summed E-state index contributed by atoms with van der Waals surface area (Å²) in [4.78, 5) is 18.3. The van der Waals surface area contributed by atoms with Crippen molar-refractivity contribution in [2.75, 3.05) is 37.7 Å². The van der Waals surface area contributed by atoms with Gasteiger partial charge < -0.3 is 20.1 Å². The van der Waals surface area contributed by atoms with Crippen LogP contribution in [0, 0.1) is 29.4 Å². The van der Waals surface area contributed by atoms with Crippen LogP contribution in [0.15, 0.2) is 30.5 Å². The van der Waals surface area contributed by atoms with Crippen molar-refractivity contribution in [3.05, 3.63) is 47.7 Å². The zero-order valence-corrected chi connectivity index (χ0v) is 25.6. The van der Waals surface area contributed by atoms with E-state index in [0.717, 1.165) is 32.2 Å². The number of benzene rings is 2. The predicted octanol–water partition coefficient (Wildman–Crippen LogP) is 5.34. The molecule has 238 valence electrons. The fraction of sp³-hybridized carbons (Fsp3) is 0.457. The van der Waals surface area contributed by atoms with Gasteiger partial charge in [0.25, 0.3) is 0 Å². The highest BCUT2D eigenvalue weighted by Crippen LogP contribution is 2.41. The molecule has 1 aliphatic carbocycles. The van der Waals surface area contributed by atoms with E-state index < -0.39 is 23.2 Å². The van der Waals surface area contributed by atoms with Crippen molar-refractivity contribution < 1.29 is 23.0 Å². The molecule has 8 nitrogen and oxygen atoms in total. The van der Waals surface area contributed by atoms with Gasteiger partial charge in [0.1, 0.15) is 41.4 Å². The first kappa shape index (κ1) is 29.3. The van der Waals surface area contributed by atoms with Gasteiger partial charge >= 0.3 is 6.01 Å². The third-order valence-corrected chi connectivity index (χ3v) is 10.2. The van der Waals surface area contributed by atoms with E-state index in [-0.39, 0.29) is 58.2 Å². The Balaban J connectivity index is 1.24. The number of hydrogen-bond donors (Lipinski definition) is 2. The summed E-state index contributed by atoms with van der Waals surface area (Å²) in [5.41, 5.74) is -0.865. The normalized spacial score (nSPS) is 26.5. The Labute approximate surface area is 265 Å². The van der Waals surface area contributed by atoms with Crippen molar-refractivity contribution in [2.45, 2.75) is 63.3 Å². The van der Waals surface area contributed by atoms with Gasteiger partial charge in [-0.25, -0.2) is 13.2 Å². The summed E-state index contributed by atoms with van der Waals surface area (Å²) in [5.74, 6) is 1.30. The number of terminal acetylenes is 1. The number of nitrogens with zero attached hydrogens (tertiary/aromatic N) is 5. The number of phenolic OH excluding ortho intramolecular Hbond substituents is 1. The Hall–Kier alpha value is -4.14. The molecule has 4 fully saturated rings. The average molecular weight is 629 g/mol. The van der Waals surface area contributed by atoms with Crippen molar-refractivity contribution in [1.82, 2.24) is 25.2 Å². The Morgan fingerprint density at radius 3 is 2.63 bits per heavy atom. The molecule has 0 radical (unpaired) electrons. The SMILES string of the molecule is C#Cc1c(F)ccc2cc(O)cc(-c3ncc4c(N5C[C@H]6CC[C@@H](C5)N6)nc(OC[C@]5(C)CN(C6CC6)CC[C@H]5F)nc4c3F)c12. The fourth-order valence-electron chi connectivity index (χ4n) is 7.62. The maximum atomic E-state index is 16.8. The Bertz CT molecular complexity index is 1900. The lowest BCUT2D eigenvalue weighted by Gasteiger charge is -2.42. The van der Waals surface area contributed by atoms with Crippen LogP contribution in [0.1, 0.15) is 44.6 Å². The summed E-state index contributed by atoms with van der Waals surface area (Å²) >= 11 is 0. The zero-order chi connectivity index (χ0) is 31.7. The number of ether oxygens (including phenoxy) is 1. The molecule has 8 rings (SSSR count). The van der Waals surface area contributed by atoms with Gasteiger partial charge in [0.05, 0.1) is 10.9 Å². The van der Waals surface area contributed by atoms with Gasteiger partial charge in [0, 0.05) is 66.9 Å². The second kappa shape index (κ2) is 11.0. The van der Waals surface area contributed by atoms with Crippen molar-refractivity contribution in [2.24, 2.45) is 5.41 Å². The molecule has 0 amide bonds. The molecule has 4 aliphatic rings. The van der Waals surface area contributed by atoms with E-state index in [0.29, 0.717) is 48.7 Å².